The highest BCUT2D eigenvalue weighted by Gasteiger charge is 2.46. The topological polar surface area (TPSA) is 81.5 Å². The molecule has 0 aliphatic carbocycles. The molecule has 2 amide bonds. The lowest BCUT2D eigenvalue weighted by Crippen LogP contribution is -2.62. The number of hydrogen-bond donors (Lipinski definition) is 1. The van der Waals surface area contributed by atoms with Gasteiger partial charge in [-0.05, 0) is 80.0 Å². The van der Waals surface area contributed by atoms with Gasteiger partial charge in [-0.2, -0.15) is 5.26 Å². The number of carbonyl (C=O) groups is 1. The molecule has 5 rings (SSSR count). The summed E-state index contributed by atoms with van der Waals surface area (Å²) in [5.74, 6) is 1.52. The van der Waals surface area contributed by atoms with Crippen LogP contribution in [-0.4, -0.2) is 47.0 Å². The first-order valence-corrected chi connectivity index (χ1v) is 11.6. The Bertz CT molecular complexity index is 1170. The number of piperidine rings is 1. The largest absolute Gasteiger partial charge is 0.457 e. The number of nitrogens with one attached hydrogen (secondary N) is 1. The van der Waals surface area contributed by atoms with Crippen molar-refractivity contribution in [2.24, 2.45) is 5.41 Å². The van der Waals surface area contributed by atoms with E-state index in [9.17, 15) is 4.79 Å². The maximum atomic E-state index is 12.5. The van der Waals surface area contributed by atoms with Gasteiger partial charge in [-0.3, -0.25) is 9.88 Å². The van der Waals surface area contributed by atoms with Crippen LogP contribution in [0.4, 0.5) is 10.5 Å². The number of likely N-dealkylation sites (tertiary alicyclic amines) is 2. The van der Waals surface area contributed by atoms with Gasteiger partial charge in [-0.15, -0.1) is 0 Å². The standard InChI is InChI=1S/C27H27N5O2/c28-16-21-6-8-24(9-7-21)34-25-5-1-3-22(15-25)18-31-13-10-27(11-14-31)19-32(20-27)26(33)30-23-4-2-12-29-17-23/h1-9,12,15,17H,10-11,13-14,18-20H2,(H,30,33). The molecule has 3 aromatic rings. The Labute approximate surface area is 199 Å². The molecule has 2 aliphatic rings. The van der Waals surface area contributed by atoms with Gasteiger partial charge in [-0.25, -0.2) is 4.79 Å². The van der Waals surface area contributed by atoms with Gasteiger partial charge in [0.25, 0.3) is 0 Å². The smallest absolute Gasteiger partial charge is 0.321 e. The van der Waals surface area contributed by atoms with Crippen LogP contribution in [0.15, 0.2) is 73.1 Å². The molecular weight excluding hydrogens is 426 g/mol. The molecule has 34 heavy (non-hydrogen) atoms. The van der Waals surface area contributed by atoms with Gasteiger partial charge in [0.1, 0.15) is 11.5 Å². The van der Waals surface area contributed by atoms with E-state index in [-0.39, 0.29) is 11.4 Å². The van der Waals surface area contributed by atoms with E-state index >= 15 is 0 Å². The van der Waals surface area contributed by atoms with Crippen molar-refractivity contribution in [3.63, 3.8) is 0 Å². The number of hydrogen-bond acceptors (Lipinski definition) is 5. The van der Waals surface area contributed by atoms with Crippen LogP contribution in [0.25, 0.3) is 0 Å². The minimum absolute atomic E-state index is 0.0415. The highest BCUT2D eigenvalue weighted by molar-refractivity contribution is 5.89. The molecule has 0 radical (unpaired) electrons. The number of anilines is 1. The Morgan fingerprint density at radius 2 is 1.85 bits per heavy atom. The molecule has 3 heterocycles. The second kappa shape index (κ2) is 9.54. The van der Waals surface area contributed by atoms with E-state index < -0.39 is 0 Å². The average Bonchev–Trinajstić information content (AvgIpc) is 2.84. The van der Waals surface area contributed by atoms with E-state index in [1.165, 1.54) is 5.56 Å². The Hall–Kier alpha value is -3.89. The van der Waals surface area contributed by atoms with Crippen LogP contribution in [0.3, 0.4) is 0 Å². The number of ether oxygens (including phenoxy) is 1. The lowest BCUT2D eigenvalue weighted by molar-refractivity contribution is -0.0200. The quantitative estimate of drug-likeness (QED) is 0.596. The van der Waals surface area contributed by atoms with Crippen molar-refractivity contribution in [2.75, 3.05) is 31.5 Å². The van der Waals surface area contributed by atoms with Crippen LogP contribution in [-0.2, 0) is 6.54 Å². The molecule has 7 nitrogen and oxygen atoms in total. The first-order chi connectivity index (χ1) is 16.6. The summed E-state index contributed by atoms with van der Waals surface area (Å²) in [4.78, 5) is 20.9. The van der Waals surface area contributed by atoms with Crippen LogP contribution in [0.5, 0.6) is 11.5 Å². The normalized spacial score (nSPS) is 17.0. The van der Waals surface area contributed by atoms with Crippen LogP contribution in [0, 0.1) is 16.7 Å². The van der Waals surface area contributed by atoms with E-state index in [0.717, 1.165) is 62.8 Å². The molecule has 2 aliphatic heterocycles. The lowest BCUT2D eigenvalue weighted by Gasteiger charge is -2.53. The van der Waals surface area contributed by atoms with Gasteiger partial charge < -0.3 is 15.0 Å². The first kappa shape index (κ1) is 21.9. The van der Waals surface area contributed by atoms with Gasteiger partial charge >= 0.3 is 6.03 Å². The average molecular weight is 454 g/mol. The molecule has 7 heteroatoms. The number of nitriles is 1. The Morgan fingerprint density at radius 1 is 1.06 bits per heavy atom. The van der Waals surface area contributed by atoms with Gasteiger partial charge in [-0.1, -0.05) is 12.1 Å². The first-order valence-electron chi connectivity index (χ1n) is 11.6. The van der Waals surface area contributed by atoms with E-state index in [4.69, 9.17) is 10.00 Å². The molecule has 0 saturated carbocycles. The second-order valence-corrected chi connectivity index (χ2v) is 9.19. The maximum Gasteiger partial charge on any atom is 0.321 e. The van der Waals surface area contributed by atoms with E-state index in [1.54, 1.807) is 24.5 Å². The van der Waals surface area contributed by atoms with Crippen LogP contribution in [0.1, 0.15) is 24.0 Å². The summed E-state index contributed by atoms with van der Waals surface area (Å²) in [5, 5.41) is 11.9. The molecule has 0 atom stereocenters. The van der Waals surface area contributed by atoms with Crippen molar-refractivity contribution in [2.45, 2.75) is 19.4 Å². The fourth-order valence-corrected chi connectivity index (χ4v) is 4.75. The number of carbonyl (C=O) groups excluding carboxylic acids is 1. The molecule has 1 N–H and O–H groups in total. The zero-order valence-corrected chi connectivity index (χ0v) is 19.0. The Balaban J connectivity index is 1.10. The molecule has 0 bridgehead atoms. The number of aromatic nitrogens is 1. The molecule has 2 saturated heterocycles. The minimum Gasteiger partial charge on any atom is -0.457 e. The summed E-state index contributed by atoms with van der Waals surface area (Å²) >= 11 is 0. The monoisotopic (exact) mass is 453 g/mol. The fraction of sp³-hybridized carbons (Fsp3) is 0.296. The molecule has 1 aromatic heterocycles. The predicted molar refractivity (Wildman–Crippen MR) is 129 cm³/mol. The van der Waals surface area contributed by atoms with Crippen LogP contribution in [0.2, 0.25) is 0 Å². The van der Waals surface area contributed by atoms with Crippen molar-refractivity contribution in [1.82, 2.24) is 14.8 Å². The summed E-state index contributed by atoms with van der Waals surface area (Å²) in [6.45, 7) is 4.57. The third kappa shape index (κ3) is 5.03. The molecule has 0 unspecified atom stereocenters. The van der Waals surface area contributed by atoms with Crippen LogP contribution < -0.4 is 10.1 Å². The van der Waals surface area contributed by atoms with Gasteiger partial charge in [0.2, 0.25) is 0 Å². The molecule has 1 spiro atoms. The summed E-state index contributed by atoms with van der Waals surface area (Å²) in [6.07, 6.45) is 5.56. The maximum absolute atomic E-state index is 12.5. The van der Waals surface area contributed by atoms with Gasteiger partial charge in [0, 0.05) is 31.2 Å². The van der Waals surface area contributed by atoms with Crippen molar-refractivity contribution < 1.29 is 9.53 Å². The second-order valence-electron chi connectivity index (χ2n) is 9.19. The SMILES string of the molecule is N#Cc1ccc(Oc2cccc(CN3CCC4(CC3)CN(C(=O)Nc3cccnc3)C4)c2)cc1. The summed E-state index contributed by atoms with van der Waals surface area (Å²) < 4.78 is 5.97. The van der Waals surface area contributed by atoms with Gasteiger partial charge in [0.15, 0.2) is 0 Å². The summed E-state index contributed by atoms with van der Waals surface area (Å²) in [7, 11) is 0. The molecule has 2 fully saturated rings. The number of benzene rings is 2. The van der Waals surface area contributed by atoms with E-state index in [2.05, 4.69) is 33.4 Å². The van der Waals surface area contributed by atoms with Crippen molar-refractivity contribution in [3.8, 4) is 17.6 Å². The molecule has 2 aromatic carbocycles. The van der Waals surface area contributed by atoms with Crippen molar-refractivity contribution in [1.29, 1.82) is 5.26 Å². The number of pyridine rings is 1. The summed E-state index contributed by atoms with van der Waals surface area (Å²) in [6, 6.07) is 21.1. The third-order valence-electron chi connectivity index (χ3n) is 6.69. The molecule has 172 valence electrons. The minimum atomic E-state index is -0.0415. The van der Waals surface area contributed by atoms with Crippen molar-refractivity contribution >= 4 is 11.7 Å². The highest BCUT2D eigenvalue weighted by Crippen LogP contribution is 2.41. The number of amides is 2. The Kier molecular flexibility index (Phi) is 6.15. The Morgan fingerprint density at radius 3 is 2.56 bits per heavy atom. The van der Waals surface area contributed by atoms with Crippen molar-refractivity contribution in [3.05, 3.63) is 84.2 Å². The zero-order valence-electron chi connectivity index (χ0n) is 19.0. The van der Waals surface area contributed by atoms with E-state index in [0.29, 0.717) is 5.56 Å². The van der Waals surface area contributed by atoms with E-state index in [1.807, 2.05) is 41.3 Å². The predicted octanol–water partition coefficient (Wildman–Crippen LogP) is 4.88. The number of urea groups is 1. The highest BCUT2D eigenvalue weighted by atomic mass is 16.5. The zero-order chi connectivity index (χ0) is 23.4. The number of rotatable bonds is 5. The molecular formula is C27H27N5O2. The third-order valence-corrected chi connectivity index (χ3v) is 6.69. The lowest BCUT2D eigenvalue weighted by atomic mass is 9.72. The number of nitrogens with zero attached hydrogens (tertiary/aromatic N) is 4. The van der Waals surface area contributed by atoms with Gasteiger partial charge in [0.05, 0.1) is 23.5 Å². The summed E-state index contributed by atoms with van der Waals surface area (Å²) in [5.41, 5.74) is 2.82. The fourth-order valence-electron chi connectivity index (χ4n) is 4.75. The van der Waals surface area contributed by atoms with Crippen LogP contribution >= 0.6 is 0 Å².